The molecule has 0 amide bonds. The summed E-state index contributed by atoms with van der Waals surface area (Å²) in [5.74, 6) is 0. The van der Waals surface area contributed by atoms with Crippen LogP contribution < -0.4 is 5.32 Å². The molecule has 0 aliphatic rings. The zero-order chi connectivity index (χ0) is 11.5. The molecule has 0 saturated heterocycles. The molecule has 17 heavy (non-hydrogen) atoms. The minimum Gasteiger partial charge on any atom is -0.377 e. The van der Waals surface area contributed by atoms with Gasteiger partial charge in [-0.3, -0.25) is 4.98 Å². The van der Waals surface area contributed by atoms with E-state index in [4.69, 9.17) is 0 Å². The maximum atomic E-state index is 4.40. The Balaban J connectivity index is 1.90. The largest absolute Gasteiger partial charge is 0.377 e. The molecule has 0 atom stereocenters. The lowest BCUT2D eigenvalue weighted by Gasteiger charge is -2.07. The summed E-state index contributed by atoms with van der Waals surface area (Å²) in [7, 11) is 0. The third kappa shape index (κ3) is 2.12. The minimum atomic E-state index is 0.743. The number of pyridine rings is 1. The zero-order valence-corrected chi connectivity index (χ0v) is 9.95. The third-order valence-electron chi connectivity index (χ3n) is 2.55. The second kappa shape index (κ2) is 4.51. The van der Waals surface area contributed by atoms with Crippen LogP contribution in [0.4, 0.5) is 5.69 Å². The lowest BCUT2D eigenvalue weighted by Crippen LogP contribution is -1.99. The number of fused-ring (bicyclic) bond motifs is 1. The first-order chi connectivity index (χ1) is 8.43. The van der Waals surface area contributed by atoms with Gasteiger partial charge in [0.2, 0.25) is 0 Å². The van der Waals surface area contributed by atoms with Gasteiger partial charge in [0.05, 0.1) is 17.7 Å². The molecule has 4 heteroatoms. The predicted octanol–water partition coefficient (Wildman–Crippen LogP) is 3.30. The van der Waals surface area contributed by atoms with E-state index in [1.54, 1.807) is 11.3 Å². The Bertz CT molecular complexity index is 614. The van der Waals surface area contributed by atoms with Crippen LogP contribution in [0.3, 0.4) is 0 Å². The fraction of sp³-hybridized carbons (Fsp3) is 0.0769. The Morgan fingerprint density at radius 3 is 2.88 bits per heavy atom. The molecule has 0 aliphatic carbocycles. The van der Waals surface area contributed by atoms with Crippen LogP contribution >= 0.6 is 11.3 Å². The highest BCUT2D eigenvalue weighted by Crippen LogP contribution is 2.21. The Morgan fingerprint density at radius 1 is 1.06 bits per heavy atom. The lowest BCUT2D eigenvalue weighted by atomic mass is 10.2. The number of benzene rings is 1. The number of para-hydroxylation sites is 1. The first-order valence-corrected chi connectivity index (χ1v) is 6.27. The van der Waals surface area contributed by atoms with Gasteiger partial charge in [-0.25, -0.2) is 4.98 Å². The molecule has 1 aromatic carbocycles. The first-order valence-electron chi connectivity index (χ1n) is 5.39. The van der Waals surface area contributed by atoms with E-state index in [2.05, 4.69) is 27.4 Å². The maximum absolute atomic E-state index is 4.40. The SMILES string of the molecule is c1cnc2c(NCc3nccs3)cccc2c1. The number of anilines is 1. The minimum absolute atomic E-state index is 0.743. The molecule has 3 aromatic rings. The first kappa shape index (κ1) is 10.2. The third-order valence-corrected chi connectivity index (χ3v) is 3.33. The summed E-state index contributed by atoms with van der Waals surface area (Å²) < 4.78 is 0. The van der Waals surface area contributed by atoms with Crippen molar-refractivity contribution in [3.63, 3.8) is 0 Å². The van der Waals surface area contributed by atoms with E-state index < -0.39 is 0 Å². The van der Waals surface area contributed by atoms with Crippen LogP contribution in [0.15, 0.2) is 48.1 Å². The summed E-state index contributed by atoms with van der Waals surface area (Å²) in [6, 6.07) is 10.2. The molecule has 0 unspecified atom stereocenters. The van der Waals surface area contributed by atoms with Gasteiger partial charge < -0.3 is 5.32 Å². The summed E-state index contributed by atoms with van der Waals surface area (Å²) in [6.07, 6.45) is 3.64. The molecule has 2 aromatic heterocycles. The van der Waals surface area contributed by atoms with E-state index in [1.165, 1.54) is 0 Å². The van der Waals surface area contributed by atoms with Gasteiger partial charge in [0.15, 0.2) is 0 Å². The van der Waals surface area contributed by atoms with Crippen LogP contribution in [-0.4, -0.2) is 9.97 Å². The highest BCUT2D eigenvalue weighted by Gasteiger charge is 2.01. The van der Waals surface area contributed by atoms with Crippen LogP contribution in [0.1, 0.15) is 5.01 Å². The van der Waals surface area contributed by atoms with Gasteiger partial charge in [0.25, 0.3) is 0 Å². The molecule has 0 bridgehead atoms. The van der Waals surface area contributed by atoms with E-state index in [1.807, 2.05) is 36.0 Å². The van der Waals surface area contributed by atoms with Crippen molar-refractivity contribution >= 4 is 27.9 Å². The monoisotopic (exact) mass is 241 g/mol. The van der Waals surface area contributed by atoms with E-state index in [-0.39, 0.29) is 0 Å². The lowest BCUT2D eigenvalue weighted by molar-refractivity contribution is 1.10. The van der Waals surface area contributed by atoms with Crippen molar-refractivity contribution < 1.29 is 0 Å². The van der Waals surface area contributed by atoms with Crippen LogP contribution in [0.25, 0.3) is 10.9 Å². The Morgan fingerprint density at radius 2 is 2.00 bits per heavy atom. The average molecular weight is 241 g/mol. The van der Waals surface area contributed by atoms with Crippen molar-refractivity contribution in [2.75, 3.05) is 5.32 Å². The zero-order valence-electron chi connectivity index (χ0n) is 9.13. The van der Waals surface area contributed by atoms with Gasteiger partial charge in [-0.1, -0.05) is 18.2 Å². The van der Waals surface area contributed by atoms with Crippen LogP contribution in [0.5, 0.6) is 0 Å². The number of nitrogens with one attached hydrogen (secondary N) is 1. The summed E-state index contributed by atoms with van der Waals surface area (Å²) in [4.78, 5) is 8.65. The van der Waals surface area contributed by atoms with Crippen molar-refractivity contribution in [1.29, 1.82) is 0 Å². The second-order valence-electron chi connectivity index (χ2n) is 3.66. The molecule has 2 heterocycles. The molecule has 0 aliphatic heterocycles. The quantitative estimate of drug-likeness (QED) is 0.764. The average Bonchev–Trinajstić information content (AvgIpc) is 2.89. The molecule has 3 nitrogen and oxygen atoms in total. The number of nitrogens with zero attached hydrogens (tertiary/aromatic N) is 2. The Kier molecular flexibility index (Phi) is 2.71. The fourth-order valence-electron chi connectivity index (χ4n) is 1.76. The van der Waals surface area contributed by atoms with Crippen molar-refractivity contribution in [2.24, 2.45) is 0 Å². The summed E-state index contributed by atoms with van der Waals surface area (Å²) in [5.41, 5.74) is 2.06. The smallest absolute Gasteiger partial charge is 0.112 e. The van der Waals surface area contributed by atoms with E-state index in [0.717, 1.165) is 28.1 Å². The highest BCUT2D eigenvalue weighted by molar-refractivity contribution is 7.09. The van der Waals surface area contributed by atoms with Crippen molar-refractivity contribution in [2.45, 2.75) is 6.54 Å². The Hall–Kier alpha value is -1.94. The maximum Gasteiger partial charge on any atom is 0.112 e. The number of thiazole rings is 1. The van der Waals surface area contributed by atoms with E-state index in [0.29, 0.717) is 0 Å². The van der Waals surface area contributed by atoms with E-state index >= 15 is 0 Å². The van der Waals surface area contributed by atoms with Gasteiger partial charge in [-0.15, -0.1) is 11.3 Å². The van der Waals surface area contributed by atoms with E-state index in [9.17, 15) is 0 Å². The standard InChI is InChI=1S/C13H11N3S/c1-3-10-4-2-6-15-13(10)11(5-1)16-9-12-14-7-8-17-12/h1-8,16H,9H2. The summed E-state index contributed by atoms with van der Waals surface area (Å²) >= 11 is 1.65. The number of rotatable bonds is 3. The van der Waals surface area contributed by atoms with Crippen molar-refractivity contribution in [1.82, 2.24) is 9.97 Å². The predicted molar refractivity (Wildman–Crippen MR) is 71.2 cm³/mol. The van der Waals surface area contributed by atoms with Gasteiger partial charge in [-0.2, -0.15) is 0 Å². The van der Waals surface area contributed by atoms with Crippen LogP contribution in [-0.2, 0) is 6.54 Å². The molecule has 3 rings (SSSR count). The van der Waals surface area contributed by atoms with Gasteiger partial charge in [-0.05, 0) is 12.1 Å². The number of hydrogen-bond donors (Lipinski definition) is 1. The molecular weight excluding hydrogens is 230 g/mol. The topological polar surface area (TPSA) is 37.8 Å². The molecular formula is C13H11N3S. The molecule has 0 fully saturated rings. The normalized spacial score (nSPS) is 10.6. The highest BCUT2D eigenvalue weighted by atomic mass is 32.1. The van der Waals surface area contributed by atoms with Crippen LogP contribution in [0.2, 0.25) is 0 Å². The van der Waals surface area contributed by atoms with Crippen molar-refractivity contribution in [3.05, 3.63) is 53.1 Å². The number of hydrogen-bond acceptors (Lipinski definition) is 4. The molecule has 0 saturated carbocycles. The fourth-order valence-corrected chi connectivity index (χ4v) is 2.31. The number of aromatic nitrogens is 2. The summed E-state index contributed by atoms with van der Waals surface area (Å²) in [6.45, 7) is 0.743. The Labute approximate surface area is 103 Å². The van der Waals surface area contributed by atoms with Gasteiger partial charge in [0.1, 0.15) is 5.01 Å². The van der Waals surface area contributed by atoms with Crippen LogP contribution in [0, 0.1) is 0 Å². The molecule has 0 radical (unpaired) electrons. The van der Waals surface area contributed by atoms with Crippen molar-refractivity contribution in [3.8, 4) is 0 Å². The van der Waals surface area contributed by atoms with Gasteiger partial charge in [0, 0.05) is 23.2 Å². The molecule has 84 valence electrons. The molecule has 0 spiro atoms. The summed E-state index contributed by atoms with van der Waals surface area (Å²) in [5, 5.41) is 7.59. The van der Waals surface area contributed by atoms with Gasteiger partial charge >= 0.3 is 0 Å². The molecule has 1 N–H and O–H groups in total. The second-order valence-corrected chi connectivity index (χ2v) is 4.64.